The SMILES string of the molecule is CC(CO)(CO)CO.O=C(O)CS. The van der Waals surface area contributed by atoms with Gasteiger partial charge in [-0.05, 0) is 0 Å². The van der Waals surface area contributed by atoms with Gasteiger partial charge in [-0.1, -0.05) is 6.92 Å². The summed E-state index contributed by atoms with van der Waals surface area (Å²) in [5.41, 5.74) is -0.708. The van der Waals surface area contributed by atoms with Crippen molar-refractivity contribution in [2.45, 2.75) is 6.92 Å². The van der Waals surface area contributed by atoms with Crippen molar-refractivity contribution in [3.63, 3.8) is 0 Å². The molecular weight excluding hydrogens is 196 g/mol. The highest BCUT2D eigenvalue weighted by atomic mass is 32.1. The molecule has 80 valence electrons. The molecule has 0 saturated heterocycles. The van der Waals surface area contributed by atoms with Crippen LogP contribution in [-0.4, -0.2) is 52.0 Å². The molecule has 0 aromatic heterocycles. The first-order valence-electron chi connectivity index (χ1n) is 3.61. The molecule has 13 heavy (non-hydrogen) atoms. The molecule has 0 fully saturated rings. The second-order valence-electron chi connectivity index (χ2n) is 2.84. The standard InChI is InChI=1S/C5H12O3.C2H4O2S/c1-5(2-6,3-7)4-8;3-2(4)1-5/h6-8H,2-4H2,1H3;5H,1H2,(H,3,4). The van der Waals surface area contributed by atoms with E-state index in [-0.39, 0.29) is 25.6 Å². The molecule has 4 N–H and O–H groups in total. The van der Waals surface area contributed by atoms with Crippen LogP contribution in [0.2, 0.25) is 0 Å². The van der Waals surface area contributed by atoms with Crippen molar-refractivity contribution in [2.24, 2.45) is 5.41 Å². The van der Waals surface area contributed by atoms with Crippen molar-refractivity contribution < 1.29 is 25.2 Å². The summed E-state index contributed by atoms with van der Waals surface area (Å²) < 4.78 is 0. The molecule has 0 heterocycles. The van der Waals surface area contributed by atoms with E-state index in [0.29, 0.717) is 0 Å². The van der Waals surface area contributed by atoms with E-state index in [2.05, 4.69) is 12.6 Å². The van der Waals surface area contributed by atoms with Crippen LogP contribution in [0.5, 0.6) is 0 Å². The fraction of sp³-hybridized carbons (Fsp3) is 0.857. The quantitative estimate of drug-likeness (QED) is 0.384. The Kier molecular flexibility index (Phi) is 9.70. The Morgan fingerprint density at radius 3 is 1.46 bits per heavy atom. The number of carbonyl (C=O) groups is 1. The van der Waals surface area contributed by atoms with Crippen molar-refractivity contribution in [3.05, 3.63) is 0 Å². The monoisotopic (exact) mass is 212 g/mol. The number of hydrogen-bond donors (Lipinski definition) is 5. The van der Waals surface area contributed by atoms with Crippen LogP contribution >= 0.6 is 12.6 Å². The minimum atomic E-state index is -0.881. The van der Waals surface area contributed by atoms with Gasteiger partial charge < -0.3 is 20.4 Å². The Morgan fingerprint density at radius 2 is 1.46 bits per heavy atom. The third-order valence-corrected chi connectivity index (χ3v) is 1.55. The van der Waals surface area contributed by atoms with Crippen LogP contribution in [0.15, 0.2) is 0 Å². The molecular formula is C7H16O5S. The Bertz CT molecular complexity index is 127. The number of aliphatic hydroxyl groups excluding tert-OH is 3. The lowest BCUT2D eigenvalue weighted by molar-refractivity contribution is -0.133. The van der Waals surface area contributed by atoms with E-state index in [1.165, 1.54) is 0 Å². The van der Waals surface area contributed by atoms with Gasteiger partial charge in [0.2, 0.25) is 0 Å². The van der Waals surface area contributed by atoms with Gasteiger partial charge in [-0.3, -0.25) is 4.79 Å². The average molecular weight is 212 g/mol. The minimum absolute atomic E-state index is 0.0833. The summed E-state index contributed by atoms with van der Waals surface area (Å²) in [6.45, 7) is 1.06. The molecule has 0 spiro atoms. The second-order valence-corrected chi connectivity index (χ2v) is 3.15. The van der Waals surface area contributed by atoms with Gasteiger partial charge in [0.25, 0.3) is 0 Å². The van der Waals surface area contributed by atoms with E-state index >= 15 is 0 Å². The van der Waals surface area contributed by atoms with E-state index in [4.69, 9.17) is 20.4 Å². The molecule has 0 aromatic carbocycles. The van der Waals surface area contributed by atoms with Gasteiger partial charge in [-0.2, -0.15) is 12.6 Å². The molecule has 0 bridgehead atoms. The molecule has 0 amide bonds. The summed E-state index contributed by atoms with van der Waals surface area (Å²) in [4.78, 5) is 9.29. The van der Waals surface area contributed by atoms with Crippen molar-refractivity contribution >= 4 is 18.6 Å². The second kappa shape index (κ2) is 8.31. The molecule has 5 nitrogen and oxygen atoms in total. The van der Waals surface area contributed by atoms with Gasteiger partial charge in [0.05, 0.1) is 25.6 Å². The van der Waals surface area contributed by atoms with E-state index in [9.17, 15) is 4.79 Å². The zero-order valence-corrected chi connectivity index (χ0v) is 8.37. The number of thiol groups is 1. The number of rotatable bonds is 4. The van der Waals surface area contributed by atoms with Crippen molar-refractivity contribution in [3.8, 4) is 0 Å². The van der Waals surface area contributed by atoms with Crippen LogP contribution in [-0.2, 0) is 4.79 Å². The lowest BCUT2D eigenvalue weighted by atomic mass is 9.95. The molecule has 0 radical (unpaired) electrons. The Balaban J connectivity index is 0. The Labute approximate surface area is 82.4 Å². The fourth-order valence-electron chi connectivity index (χ4n) is 0.150. The Morgan fingerprint density at radius 1 is 1.23 bits per heavy atom. The third kappa shape index (κ3) is 9.62. The lowest BCUT2D eigenvalue weighted by Crippen LogP contribution is -2.29. The van der Waals surface area contributed by atoms with Gasteiger partial charge in [-0.15, -0.1) is 0 Å². The predicted octanol–water partition coefficient (Wildman–Crippen LogP) is -1.03. The molecule has 0 aliphatic rings. The maximum absolute atomic E-state index is 9.29. The third-order valence-electron chi connectivity index (χ3n) is 1.28. The van der Waals surface area contributed by atoms with Gasteiger partial charge in [0.1, 0.15) is 0 Å². The molecule has 0 rings (SSSR count). The molecule has 6 heteroatoms. The normalized spacial score (nSPS) is 10.2. The lowest BCUT2D eigenvalue weighted by Gasteiger charge is -2.20. The summed E-state index contributed by atoms with van der Waals surface area (Å²) in [6, 6.07) is 0. The highest BCUT2D eigenvalue weighted by Crippen LogP contribution is 2.10. The topological polar surface area (TPSA) is 98.0 Å². The molecule has 0 aliphatic carbocycles. The zero-order valence-electron chi connectivity index (χ0n) is 7.47. The van der Waals surface area contributed by atoms with Gasteiger partial charge in [-0.25, -0.2) is 0 Å². The summed E-state index contributed by atoms with van der Waals surface area (Å²) >= 11 is 3.42. The van der Waals surface area contributed by atoms with Crippen LogP contribution in [0.3, 0.4) is 0 Å². The highest BCUT2D eigenvalue weighted by Gasteiger charge is 2.20. The predicted molar refractivity (Wildman–Crippen MR) is 50.9 cm³/mol. The number of carboxylic acid groups (broad SMARTS) is 1. The van der Waals surface area contributed by atoms with E-state index in [1.807, 2.05) is 0 Å². The molecule has 0 aliphatic heterocycles. The van der Waals surface area contributed by atoms with Crippen LogP contribution in [0.1, 0.15) is 6.92 Å². The number of carboxylic acids is 1. The number of hydrogen-bond acceptors (Lipinski definition) is 5. The average Bonchev–Trinajstić information content (AvgIpc) is 2.17. The molecule has 0 saturated carbocycles. The summed E-state index contributed by atoms with van der Waals surface area (Å²) in [5.74, 6) is -0.965. The zero-order chi connectivity index (χ0) is 10.9. The summed E-state index contributed by atoms with van der Waals surface area (Å²) in [5, 5.41) is 33.0. The first-order valence-corrected chi connectivity index (χ1v) is 4.24. The van der Waals surface area contributed by atoms with E-state index < -0.39 is 11.4 Å². The number of aliphatic carboxylic acids is 1. The van der Waals surface area contributed by atoms with Gasteiger partial charge >= 0.3 is 5.97 Å². The Hall–Kier alpha value is -0.300. The van der Waals surface area contributed by atoms with Crippen molar-refractivity contribution in [1.82, 2.24) is 0 Å². The van der Waals surface area contributed by atoms with Crippen LogP contribution in [0.25, 0.3) is 0 Å². The summed E-state index contributed by atoms with van der Waals surface area (Å²) in [7, 11) is 0. The molecule has 0 unspecified atom stereocenters. The first kappa shape index (κ1) is 15.2. The van der Waals surface area contributed by atoms with E-state index in [1.54, 1.807) is 6.92 Å². The van der Waals surface area contributed by atoms with Crippen molar-refractivity contribution in [1.29, 1.82) is 0 Å². The van der Waals surface area contributed by atoms with E-state index in [0.717, 1.165) is 0 Å². The van der Waals surface area contributed by atoms with Gasteiger partial charge in [0.15, 0.2) is 0 Å². The maximum atomic E-state index is 9.29. The highest BCUT2D eigenvalue weighted by molar-refractivity contribution is 7.81. The fourth-order valence-corrected chi connectivity index (χ4v) is 0.150. The largest absolute Gasteiger partial charge is 0.481 e. The van der Waals surface area contributed by atoms with Gasteiger partial charge in [0, 0.05) is 5.41 Å². The smallest absolute Gasteiger partial charge is 0.313 e. The number of aliphatic hydroxyl groups is 3. The van der Waals surface area contributed by atoms with Crippen molar-refractivity contribution in [2.75, 3.05) is 25.6 Å². The maximum Gasteiger partial charge on any atom is 0.313 e. The van der Waals surface area contributed by atoms with Crippen LogP contribution < -0.4 is 0 Å². The van der Waals surface area contributed by atoms with Crippen LogP contribution in [0, 0.1) is 5.41 Å². The first-order chi connectivity index (χ1) is 5.95. The van der Waals surface area contributed by atoms with Crippen LogP contribution in [0.4, 0.5) is 0 Å². The summed E-state index contributed by atoms with van der Waals surface area (Å²) in [6.07, 6.45) is 0. The molecule has 0 atom stereocenters. The minimum Gasteiger partial charge on any atom is -0.481 e. The molecule has 0 aromatic rings.